The van der Waals surface area contributed by atoms with Crippen molar-refractivity contribution < 1.29 is 64.6 Å². The number of carbonyl (C=O) groups excluding carboxylic acids is 1. The van der Waals surface area contributed by atoms with Crippen molar-refractivity contribution in [1.82, 2.24) is 35.2 Å². The standard InChI is InChI=1S/C43H51F2N7O14P2S.H3N/c1-2-3-4-5-6-7-8-9-20-59-28-16-12-27(13-17-28)42(54)62-29-14-10-26(11-15-29)23-69-68(58)61-22-31-36(33(44)41(64-31)52-25-49-35-38(46)47-24-48-39(35)52)65-67(56,57)60-21-30-37(66-68)34(45)40(63-30)51-19-18-32(53)50-43(51)55;/h10-19,24-25,30-31,33-34,36-37,40-41H,2-9,20-23H2,1H3,(H,56,57)(H2,46,47,48)(H,50,53,55);1H3/t30-,31-,33-,34-,36-,37-,40-,41-,68?;/m1./s1. The van der Waals surface area contributed by atoms with Crippen molar-refractivity contribution in [2.45, 2.75) is 113 Å². The van der Waals surface area contributed by atoms with Crippen LogP contribution < -0.4 is 37.5 Å². The topological polar surface area (TPSA) is 309 Å². The van der Waals surface area contributed by atoms with E-state index in [0.29, 0.717) is 39.4 Å². The molecule has 3 aromatic heterocycles. The number of quaternary nitrogens is 1. The van der Waals surface area contributed by atoms with Gasteiger partial charge in [-0.05, 0) is 59.8 Å². The van der Waals surface area contributed by atoms with Crippen LogP contribution in [0.2, 0.25) is 0 Å². The maximum atomic E-state index is 16.5. The van der Waals surface area contributed by atoms with Gasteiger partial charge in [-0.25, -0.2) is 37.9 Å². The number of H-pyrrole nitrogens is 1. The number of hydrogen-bond donors (Lipinski definition) is 3. The van der Waals surface area contributed by atoms with Crippen LogP contribution in [-0.2, 0) is 42.5 Å². The Morgan fingerprint density at radius 1 is 0.843 bits per heavy atom. The summed E-state index contributed by atoms with van der Waals surface area (Å²) >= 11 is 0.584. The molecule has 0 aliphatic carbocycles. The summed E-state index contributed by atoms with van der Waals surface area (Å²) in [7, 11) is -5.49. The lowest BCUT2D eigenvalue weighted by atomic mass is 10.1. The van der Waals surface area contributed by atoms with Gasteiger partial charge in [0.15, 0.2) is 36.3 Å². The predicted molar refractivity (Wildman–Crippen MR) is 249 cm³/mol. The molecule has 3 saturated heterocycles. The normalized spacial score (nSPS) is 27.9. The van der Waals surface area contributed by atoms with Crippen LogP contribution in [0.25, 0.3) is 11.2 Å². The average Bonchev–Trinajstić information content (AvgIpc) is 3.99. The lowest BCUT2D eigenvalue weighted by Crippen LogP contribution is -2.38. The van der Waals surface area contributed by atoms with E-state index in [1.165, 1.54) is 50.7 Å². The number of phosphoric acid groups is 1. The number of unbranched alkanes of at least 4 members (excludes halogenated alkanes) is 7. The second-order valence-corrected chi connectivity index (χ2v) is 21.8. The molecule has 3 fully saturated rings. The molecular weight excluding hydrogens is 985 g/mol. The molecule has 6 heterocycles. The largest absolute Gasteiger partial charge is 0.756 e. The highest BCUT2D eigenvalue weighted by Gasteiger charge is 2.54. The number of fused-ring (bicyclic) bond motifs is 3. The summed E-state index contributed by atoms with van der Waals surface area (Å²) in [5.41, 5.74) is 4.98. The summed E-state index contributed by atoms with van der Waals surface area (Å²) in [6, 6.07) is 13.7. The van der Waals surface area contributed by atoms with Gasteiger partial charge in [0, 0.05) is 18.0 Å². The van der Waals surface area contributed by atoms with E-state index in [4.69, 9.17) is 42.8 Å². The van der Waals surface area contributed by atoms with E-state index < -0.39 is 94.3 Å². The number of imidazole rings is 1. The number of aromatic nitrogens is 6. The average molecular weight is 1040 g/mol. The Morgan fingerprint density at radius 2 is 1.47 bits per heavy atom. The molecule has 27 heteroatoms. The zero-order valence-electron chi connectivity index (χ0n) is 38.1. The lowest BCUT2D eigenvalue weighted by Gasteiger charge is -2.32. The van der Waals surface area contributed by atoms with Crippen molar-refractivity contribution in [2.24, 2.45) is 0 Å². The number of aromatic amines is 1. The van der Waals surface area contributed by atoms with Crippen LogP contribution in [0.1, 0.15) is 86.7 Å². The van der Waals surface area contributed by atoms with E-state index in [-0.39, 0.29) is 34.6 Å². The fraction of sp³-hybridized carbons (Fsp3) is 0.488. The van der Waals surface area contributed by atoms with Crippen molar-refractivity contribution in [2.75, 3.05) is 25.6 Å². The van der Waals surface area contributed by atoms with E-state index >= 15 is 8.78 Å². The molecule has 5 aromatic rings. The molecule has 0 saturated carbocycles. The first-order valence-electron chi connectivity index (χ1n) is 22.3. The molecule has 2 unspecified atom stereocenters. The molecule has 2 aromatic carbocycles. The van der Waals surface area contributed by atoms with Crippen molar-refractivity contribution in [3.8, 4) is 11.5 Å². The zero-order chi connectivity index (χ0) is 48.7. The molecule has 10 atom stereocenters. The maximum Gasteiger partial charge on any atom is 0.389 e. The van der Waals surface area contributed by atoms with Crippen LogP contribution >= 0.6 is 26.0 Å². The zero-order valence-corrected chi connectivity index (χ0v) is 40.7. The number of nitrogens with one attached hydrogen (secondary N) is 1. The van der Waals surface area contributed by atoms with Crippen molar-refractivity contribution in [3.63, 3.8) is 0 Å². The van der Waals surface area contributed by atoms with Crippen molar-refractivity contribution in [3.05, 3.63) is 105 Å². The molecule has 3 aliphatic heterocycles. The number of rotatable bonds is 17. The highest BCUT2D eigenvalue weighted by atomic mass is 32.7. The third-order valence-corrected chi connectivity index (χ3v) is 16.1. The number of nitrogen functional groups attached to an aromatic ring is 1. The molecule has 0 bridgehead atoms. The molecule has 3 aliphatic rings. The van der Waals surface area contributed by atoms with Crippen LogP contribution in [0.3, 0.4) is 0 Å². The van der Waals surface area contributed by atoms with E-state index in [0.717, 1.165) is 42.3 Å². The van der Waals surface area contributed by atoms with Gasteiger partial charge in [-0.3, -0.25) is 32.5 Å². The number of benzene rings is 2. The summed E-state index contributed by atoms with van der Waals surface area (Å²) < 4.78 is 108. The fourth-order valence-electron chi connectivity index (χ4n) is 7.88. The van der Waals surface area contributed by atoms with Gasteiger partial charge in [-0.1, -0.05) is 64.0 Å². The third-order valence-electron chi connectivity index (χ3n) is 11.5. The minimum absolute atomic E-state index is 0. The molecule has 0 amide bonds. The van der Waals surface area contributed by atoms with Crippen LogP contribution in [-0.4, -0.2) is 91.6 Å². The van der Waals surface area contributed by atoms with Crippen molar-refractivity contribution in [1.29, 1.82) is 0 Å². The number of phosphoric ester groups is 1. The summed E-state index contributed by atoms with van der Waals surface area (Å²) in [4.78, 5) is 64.8. The Hall–Kier alpha value is -4.91. The first-order chi connectivity index (χ1) is 33.2. The Morgan fingerprint density at radius 3 is 2.16 bits per heavy atom. The van der Waals surface area contributed by atoms with Crippen LogP contribution in [0, 0.1) is 0 Å². The van der Waals surface area contributed by atoms with Gasteiger partial charge in [-0.15, -0.1) is 0 Å². The molecule has 22 nitrogen and oxygen atoms in total. The molecule has 8 rings (SSSR count). The summed E-state index contributed by atoms with van der Waals surface area (Å²) in [5.74, 6) is 0.0618. The molecule has 7 N–H and O–H groups in total. The molecule has 70 heavy (non-hydrogen) atoms. The Balaban J connectivity index is 0.00000722. The molecule has 380 valence electrons. The number of nitrogens with two attached hydrogens (primary N) is 1. The minimum Gasteiger partial charge on any atom is -0.756 e. The highest BCUT2D eigenvalue weighted by molar-refractivity contribution is 8.54. The number of anilines is 1. The quantitative estimate of drug-likeness (QED) is 0.0370. The van der Waals surface area contributed by atoms with Gasteiger partial charge in [0.2, 0.25) is 0 Å². The first-order valence-corrected chi connectivity index (χ1v) is 26.9. The molecule has 0 radical (unpaired) electrons. The smallest absolute Gasteiger partial charge is 0.389 e. The first kappa shape index (κ1) is 52.9. The second-order valence-electron chi connectivity index (χ2n) is 16.4. The number of esters is 1. The maximum absolute atomic E-state index is 16.5. The minimum atomic E-state index is -5.49. The van der Waals surface area contributed by atoms with E-state index in [1.54, 1.807) is 36.4 Å². The monoisotopic (exact) mass is 1040 g/mol. The molecule has 0 spiro atoms. The Kier molecular flexibility index (Phi) is 17.8. The number of alkyl halides is 2. The van der Waals surface area contributed by atoms with E-state index in [9.17, 15) is 28.4 Å². The predicted octanol–water partition coefficient (Wildman–Crippen LogP) is 6.87. The van der Waals surface area contributed by atoms with E-state index in [2.05, 4.69) is 21.9 Å². The molecular formula is C43H54F2N8O14P2S. The number of carbonyl (C=O) groups is 1. The SMILES string of the molecule is CCCCCCCCCCOc1ccc(C(=O)Oc2ccc(CSP3(=O)OC[C@H]4O[C@@H](n5cnc6c(N)ncnc65)[C@H](F)[C@@H]4OP(=O)([O-])OC[C@H]4O[C@@H](n5ccc(=O)[nH]c5=O)[C@H](F)[C@@H]4O3)cc2)cc1.[NH4+]. The van der Waals surface area contributed by atoms with Crippen LogP contribution in [0.4, 0.5) is 14.6 Å². The summed E-state index contributed by atoms with van der Waals surface area (Å²) in [6.45, 7) is -3.74. The van der Waals surface area contributed by atoms with Gasteiger partial charge in [0.05, 0.1) is 31.7 Å². The van der Waals surface area contributed by atoms with Gasteiger partial charge < -0.3 is 44.8 Å². The van der Waals surface area contributed by atoms with Crippen LogP contribution in [0.15, 0.2) is 83.0 Å². The van der Waals surface area contributed by atoms with Gasteiger partial charge in [0.25, 0.3) is 13.4 Å². The number of halogens is 2. The van der Waals surface area contributed by atoms with Gasteiger partial charge in [0.1, 0.15) is 47.8 Å². The second kappa shape index (κ2) is 23.5. The number of nitrogens with zero attached hydrogens (tertiary/aromatic N) is 5. The summed E-state index contributed by atoms with van der Waals surface area (Å²) in [5, 5.41) is 0. The lowest BCUT2D eigenvalue weighted by molar-refractivity contribution is -0.235. The fourth-order valence-corrected chi connectivity index (χ4v) is 12.2. The highest BCUT2D eigenvalue weighted by Crippen LogP contribution is 2.64. The number of hydrogen-bond acceptors (Lipinski definition) is 19. The van der Waals surface area contributed by atoms with Crippen LogP contribution in [0.5, 0.6) is 11.5 Å². The van der Waals surface area contributed by atoms with Crippen molar-refractivity contribution >= 4 is 49.0 Å². The third kappa shape index (κ3) is 12.8. The number of ether oxygens (including phenoxy) is 4. The Labute approximate surface area is 403 Å². The van der Waals surface area contributed by atoms with Gasteiger partial charge >= 0.3 is 18.5 Å². The summed E-state index contributed by atoms with van der Waals surface area (Å²) in [6.07, 6.45) is -2.60. The van der Waals surface area contributed by atoms with E-state index in [1.807, 2.05) is 4.98 Å². The van der Waals surface area contributed by atoms with Gasteiger partial charge in [-0.2, -0.15) is 0 Å². The Bertz CT molecular complexity index is 2770.